The number of benzene rings is 1. The Bertz CT molecular complexity index is 472. The number of carbonyl (C=O) groups excluding carboxylic acids is 1. The molecule has 20 heavy (non-hydrogen) atoms. The van der Waals surface area contributed by atoms with Crippen molar-refractivity contribution in [3.63, 3.8) is 0 Å². The zero-order valence-corrected chi connectivity index (χ0v) is 12.0. The molecule has 1 aromatic carbocycles. The molecule has 1 N–H and O–H groups in total. The van der Waals surface area contributed by atoms with Gasteiger partial charge in [0.15, 0.2) is 0 Å². The predicted octanol–water partition coefficient (Wildman–Crippen LogP) is 3.04. The van der Waals surface area contributed by atoms with Crippen molar-refractivity contribution >= 4 is 6.09 Å². The number of nitrogens with one attached hydrogen (secondary N) is 1. The quantitative estimate of drug-likeness (QED) is 0.641. The normalized spacial score (nSPS) is 25.7. The highest BCUT2D eigenvalue weighted by Gasteiger charge is 2.41. The fraction of sp³-hybridized carbons (Fsp3) is 0.438. The van der Waals surface area contributed by atoms with Crippen LogP contribution in [0.3, 0.4) is 0 Å². The van der Waals surface area contributed by atoms with Gasteiger partial charge in [-0.25, -0.2) is 4.79 Å². The Morgan fingerprint density at radius 1 is 1.40 bits per heavy atom. The molecule has 4 nitrogen and oxygen atoms in total. The number of ether oxygens (including phenoxy) is 2. The Morgan fingerprint density at radius 3 is 2.85 bits per heavy atom. The Balaban J connectivity index is 1.80. The molecular formula is C16H21NO3. The van der Waals surface area contributed by atoms with Gasteiger partial charge in [-0.1, -0.05) is 43.3 Å². The SMILES string of the molecule is CC[C@@H]1NC(=O)O[C@@]1(C)/C=C/COCc1ccccc1. The van der Waals surface area contributed by atoms with Gasteiger partial charge in [-0.2, -0.15) is 0 Å². The molecule has 0 radical (unpaired) electrons. The average Bonchev–Trinajstić information content (AvgIpc) is 2.74. The standard InChI is InChI=1S/C16H21NO3/c1-3-14-16(2,20-15(18)17-14)10-7-11-19-12-13-8-5-4-6-9-13/h4-10,14H,3,11-12H2,1-2H3,(H,17,18)/b10-7+/t14-,16-/m0/s1. The van der Waals surface area contributed by atoms with Gasteiger partial charge >= 0.3 is 6.09 Å². The van der Waals surface area contributed by atoms with Crippen LogP contribution >= 0.6 is 0 Å². The summed E-state index contributed by atoms with van der Waals surface area (Å²) in [5.41, 5.74) is 0.564. The molecule has 2 rings (SSSR count). The molecule has 0 aromatic heterocycles. The summed E-state index contributed by atoms with van der Waals surface area (Å²) >= 11 is 0. The Morgan fingerprint density at radius 2 is 2.15 bits per heavy atom. The smallest absolute Gasteiger partial charge is 0.408 e. The van der Waals surface area contributed by atoms with Gasteiger partial charge in [0.1, 0.15) is 5.60 Å². The van der Waals surface area contributed by atoms with Gasteiger partial charge in [0.05, 0.1) is 19.3 Å². The first-order valence-corrected chi connectivity index (χ1v) is 6.93. The van der Waals surface area contributed by atoms with Crippen molar-refractivity contribution in [1.29, 1.82) is 0 Å². The molecular weight excluding hydrogens is 254 g/mol. The van der Waals surface area contributed by atoms with Crippen LogP contribution in [0.1, 0.15) is 25.8 Å². The van der Waals surface area contributed by atoms with Crippen molar-refractivity contribution in [2.75, 3.05) is 6.61 Å². The Labute approximate surface area is 119 Å². The molecule has 1 aliphatic heterocycles. The van der Waals surface area contributed by atoms with Gasteiger partial charge in [-0.3, -0.25) is 0 Å². The lowest BCUT2D eigenvalue weighted by Gasteiger charge is -2.23. The minimum Gasteiger partial charge on any atom is -0.437 e. The summed E-state index contributed by atoms with van der Waals surface area (Å²) in [6, 6.07) is 10.0. The van der Waals surface area contributed by atoms with Crippen LogP contribution in [0, 0.1) is 0 Å². The second-order valence-electron chi connectivity index (χ2n) is 5.08. The monoisotopic (exact) mass is 275 g/mol. The maximum atomic E-state index is 11.3. The predicted molar refractivity (Wildman–Crippen MR) is 77.3 cm³/mol. The minimum atomic E-state index is -0.581. The van der Waals surface area contributed by atoms with Crippen molar-refractivity contribution < 1.29 is 14.3 Å². The van der Waals surface area contributed by atoms with Crippen LogP contribution in [0.15, 0.2) is 42.5 Å². The van der Waals surface area contributed by atoms with E-state index in [0.29, 0.717) is 13.2 Å². The number of rotatable bonds is 6. The van der Waals surface area contributed by atoms with Crippen LogP contribution in [0.4, 0.5) is 4.79 Å². The van der Waals surface area contributed by atoms with Crippen LogP contribution in [-0.4, -0.2) is 24.3 Å². The van der Waals surface area contributed by atoms with E-state index in [9.17, 15) is 4.79 Å². The van der Waals surface area contributed by atoms with E-state index >= 15 is 0 Å². The third kappa shape index (κ3) is 3.61. The molecule has 108 valence electrons. The van der Waals surface area contributed by atoms with Crippen LogP contribution in [0.25, 0.3) is 0 Å². The van der Waals surface area contributed by atoms with Gasteiger partial charge < -0.3 is 14.8 Å². The van der Waals surface area contributed by atoms with E-state index in [4.69, 9.17) is 9.47 Å². The number of cyclic esters (lactones) is 1. The van der Waals surface area contributed by atoms with E-state index in [1.165, 1.54) is 0 Å². The first kappa shape index (κ1) is 14.6. The molecule has 0 aliphatic carbocycles. The molecule has 2 atom stereocenters. The fourth-order valence-corrected chi connectivity index (χ4v) is 2.34. The summed E-state index contributed by atoms with van der Waals surface area (Å²) in [6.45, 7) is 5.01. The van der Waals surface area contributed by atoms with Crippen molar-refractivity contribution in [2.24, 2.45) is 0 Å². The maximum absolute atomic E-state index is 11.3. The van der Waals surface area contributed by atoms with Crippen molar-refractivity contribution in [1.82, 2.24) is 5.32 Å². The zero-order chi connectivity index (χ0) is 14.4. The molecule has 0 spiro atoms. The van der Waals surface area contributed by atoms with Crippen molar-refractivity contribution in [2.45, 2.75) is 38.5 Å². The summed E-state index contributed by atoms with van der Waals surface area (Å²) in [7, 11) is 0. The van der Waals surface area contributed by atoms with Gasteiger partial charge in [-0.05, 0) is 25.0 Å². The molecule has 1 saturated heterocycles. The van der Waals surface area contributed by atoms with E-state index in [1.54, 1.807) is 0 Å². The highest BCUT2D eigenvalue weighted by Crippen LogP contribution is 2.25. The molecule has 1 aliphatic rings. The first-order valence-electron chi connectivity index (χ1n) is 6.93. The van der Waals surface area contributed by atoms with Gasteiger partial charge in [0, 0.05) is 0 Å². The van der Waals surface area contributed by atoms with E-state index in [-0.39, 0.29) is 12.1 Å². The molecule has 0 unspecified atom stereocenters. The van der Waals surface area contributed by atoms with Gasteiger partial charge in [0.25, 0.3) is 0 Å². The van der Waals surface area contributed by atoms with E-state index in [0.717, 1.165) is 12.0 Å². The van der Waals surface area contributed by atoms with Crippen LogP contribution in [0.5, 0.6) is 0 Å². The molecule has 1 aromatic rings. The first-order chi connectivity index (χ1) is 9.64. The number of amides is 1. The molecule has 1 fully saturated rings. The van der Waals surface area contributed by atoms with Crippen LogP contribution in [0.2, 0.25) is 0 Å². The Kier molecular flexibility index (Phi) is 4.79. The highest BCUT2D eigenvalue weighted by molar-refractivity contribution is 5.71. The lowest BCUT2D eigenvalue weighted by atomic mass is 9.95. The number of alkyl carbamates (subject to hydrolysis) is 1. The molecule has 0 saturated carbocycles. The summed E-state index contributed by atoms with van der Waals surface area (Å²) in [6.07, 6.45) is 4.29. The van der Waals surface area contributed by atoms with E-state index in [2.05, 4.69) is 5.32 Å². The van der Waals surface area contributed by atoms with Gasteiger partial charge in [-0.15, -0.1) is 0 Å². The third-order valence-corrected chi connectivity index (χ3v) is 3.48. The van der Waals surface area contributed by atoms with E-state index in [1.807, 2.05) is 56.3 Å². The molecule has 1 amide bonds. The number of hydrogen-bond acceptors (Lipinski definition) is 3. The Hall–Kier alpha value is -1.81. The topological polar surface area (TPSA) is 47.6 Å². The van der Waals surface area contributed by atoms with Crippen LogP contribution < -0.4 is 5.32 Å². The third-order valence-electron chi connectivity index (χ3n) is 3.48. The van der Waals surface area contributed by atoms with Crippen molar-refractivity contribution in [3.8, 4) is 0 Å². The molecule has 4 heteroatoms. The lowest BCUT2D eigenvalue weighted by Crippen LogP contribution is -2.38. The van der Waals surface area contributed by atoms with Gasteiger partial charge in [0.2, 0.25) is 0 Å². The minimum absolute atomic E-state index is 0.0142. The fourth-order valence-electron chi connectivity index (χ4n) is 2.34. The summed E-state index contributed by atoms with van der Waals surface area (Å²) in [5.74, 6) is 0. The van der Waals surface area contributed by atoms with E-state index < -0.39 is 5.60 Å². The van der Waals surface area contributed by atoms with Crippen molar-refractivity contribution in [3.05, 3.63) is 48.0 Å². The highest BCUT2D eigenvalue weighted by atomic mass is 16.6. The molecule has 1 heterocycles. The summed E-state index contributed by atoms with van der Waals surface area (Å²) < 4.78 is 10.9. The average molecular weight is 275 g/mol. The number of hydrogen-bond donors (Lipinski definition) is 1. The lowest BCUT2D eigenvalue weighted by molar-refractivity contribution is 0.0890. The largest absolute Gasteiger partial charge is 0.437 e. The molecule has 0 bridgehead atoms. The maximum Gasteiger partial charge on any atom is 0.408 e. The second-order valence-corrected chi connectivity index (χ2v) is 5.08. The summed E-state index contributed by atoms with van der Waals surface area (Å²) in [4.78, 5) is 11.3. The zero-order valence-electron chi connectivity index (χ0n) is 12.0. The number of carbonyl (C=O) groups is 1. The second kappa shape index (κ2) is 6.57. The summed E-state index contributed by atoms with van der Waals surface area (Å²) in [5, 5.41) is 2.81. The van der Waals surface area contributed by atoms with Crippen LogP contribution in [-0.2, 0) is 16.1 Å².